The average Bonchev–Trinajstić information content (AvgIpc) is 2.40. The molecule has 0 atom stereocenters. The number of hydrogen-bond acceptors (Lipinski definition) is 3. The highest BCUT2D eigenvalue weighted by Gasteiger charge is 2.05. The standard InChI is InChI=1S/C14H15N3O/c15-14(16)13-12(7-4-8-17-13)10-18-9-11-5-2-1-3-6-11/h1-8H,9-10H2,(H3,15,16). The minimum atomic E-state index is -0.0334. The summed E-state index contributed by atoms with van der Waals surface area (Å²) in [6.45, 7) is 0.935. The number of amidine groups is 1. The van der Waals surface area contributed by atoms with E-state index in [-0.39, 0.29) is 5.84 Å². The average molecular weight is 241 g/mol. The van der Waals surface area contributed by atoms with E-state index in [0.717, 1.165) is 11.1 Å². The quantitative estimate of drug-likeness (QED) is 0.622. The molecule has 0 radical (unpaired) electrons. The molecule has 2 rings (SSSR count). The van der Waals surface area contributed by atoms with Gasteiger partial charge >= 0.3 is 0 Å². The Morgan fingerprint density at radius 3 is 2.61 bits per heavy atom. The third-order valence-corrected chi connectivity index (χ3v) is 2.52. The number of hydrogen-bond donors (Lipinski definition) is 2. The number of benzene rings is 1. The van der Waals surface area contributed by atoms with Crippen molar-refractivity contribution in [3.63, 3.8) is 0 Å². The lowest BCUT2D eigenvalue weighted by Gasteiger charge is -2.08. The van der Waals surface area contributed by atoms with Gasteiger partial charge in [0.25, 0.3) is 0 Å². The van der Waals surface area contributed by atoms with Crippen LogP contribution in [-0.2, 0) is 18.0 Å². The van der Waals surface area contributed by atoms with Crippen molar-refractivity contribution in [2.75, 3.05) is 0 Å². The van der Waals surface area contributed by atoms with E-state index in [9.17, 15) is 0 Å². The van der Waals surface area contributed by atoms with Crippen LogP contribution in [-0.4, -0.2) is 10.8 Å². The van der Waals surface area contributed by atoms with E-state index in [1.807, 2.05) is 42.5 Å². The van der Waals surface area contributed by atoms with E-state index in [2.05, 4.69) is 4.98 Å². The van der Waals surface area contributed by atoms with Crippen LogP contribution in [0.1, 0.15) is 16.8 Å². The van der Waals surface area contributed by atoms with E-state index in [1.54, 1.807) is 6.20 Å². The first-order valence-electron chi connectivity index (χ1n) is 5.67. The molecule has 92 valence electrons. The number of nitrogen functional groups attached to an aromatic ring is 1. The molecule has 1 aromatic heterocycles. The molecule has 4 nitrogen and oxygen atoms in total. The molecule has 18 heavy (non-hydrogen) atoms. The summed E-state index contributed by atoms with van der Waals surface area (Å²) in [5, 5.41) is 7.44. The van der Waals surface area contributed by atoms with Crippen molar-refractivity contribution in [3.8, 4) is 0 Å². The second-order valence-electron chi connectivity index (χ2n) is 3.90. The number of nitrogens with two attached hydrogens (primary N) is 1. The topological polar surface area (TPSA) is 72.0 Å². The van der Waals surface area contributed by atoms with Crippen molar-refractivity contribution >= 4 is 5.84 Å². The Labute approximate surface area is 106 Å². The van der Waals surface area contributed by atoms with Gasteiger partial charge in [0, 0.05) is 11.8 Å². The first-order chi connectivity index (χ1) is 8.77. The van der Waals surface area contributed by atoms with Gasteiger partial charge in [-0.05, 0) is 11.6 Å². The molecular weight excluding hydrogens is 226 g/mol. The van der Waals surface area contributed by atoms with Crippen molar-refractivity contribution < 1.29 is 4.74 Å². The molecule has 0 aliphatic rings. The highest BCUT2D eigenvalue weighted by Crippen LogP contribution is 2.08. The molecule has 0 saturated carbocycles. The molecule has 0 spiro atoms. The second kappa shape index (κ2) is 5.93. The summed E-state index contributed by atoms with van der Waals surface area (Å²) in [5.74, 6) is -0.0334. The highest BCUT2D eigenvalue weighted by atomic mass is 16.5. The fraction of sp³-hybridized carbons (Fsp3) is 0.143. The van der Waals surface area contributed by atoms with E-state index in [0.29, 0.717) is 18.9 Å². The Morgan fingerprint density at radius 2 is 1.89 bits per heavy atom. The fourth-order valence-corrected chi connectivity index (χ4v) is 1.65. The van der Waals surface area contributed by atoms with Crippen LogP contribution in [0.15, 0.2) is 48.7 Å². The Kier molecular flexibility index (Phi) is 4.04. The van der Waals surface area contributed by atoms with E-state index >= 15 is 0 Å². The molecule has 1 aromatic carbocycles. The van der Waals surface area contributed by atoms with Crippen LogP contribution >= 0.6 is 0 Å². The SMILES string of the molecule is N=C(N)c1ncccc1COCc1ccccc1. The maximum Gasteiger partial charge on any atom is 0.142 e. The van der Waals surface area contributed by atoms with Crippen LogP contribution in [0, 0.1) is 5.41 Å². The van der Waals surface area contributed by atoms with Crippen molar-refractivity contribution in [1.29, 1.82) is 5.41 Å². The predicted molar refractivity (Wildman–Crippen MR) is 70.2 cm³/mol. The maximum atomic E-state index is 7.44. The molecule has 0 fully saturated rings. The zero-order chi connectivity index (χ0) is 12.8. The van der Waals surface area contributed by atoms with E-state index in [1.165, 1.54) is 0 Å². The Bertz CT molecular complexity index is 526. The number of aromatic nitrogens is 1. The number of rotatable bonds is 5. The van der Waals surface area contributed by atoms with Gasteiger partial charge in [-0.2, -0.15) is 0 Å². The number of nitrogens with one attached hydrogen (secondary N) is 1. The van der Waals surface area contributed by atoms with Crippen LogP contribution in [0.5, 0.6) is 0 Å². The van der Waals surface area contributed by atoms with Crippen LogP contribution in [0.2, 0.25) is 0 Å². The monoisotopic (exact) mass is 241 g/mol. The minimum absolute atomic E-state index is 0.0334. The van der Waals surface area contributed by atoms with Crippen molar-refractivity contribution in [1.82, 2.24) is 4.98 Å². The predicted octanol–water partition coefficient (Wildman–Crippen LogP) is 2.08. The third-order valence-electron chi connectivity index (χ3n) is 2.52. The lowest BCUT2D eigenvalue weighted by Crippen LogP contribution is -2.16. The number of pyridine rings is 1. The molecule has 3 N–H and O–H groups in total. The Hall–Kier alpha value is -2.20. The molecule has 0 bridgehead atoms. The lowest BCUT2D eigenvalue weighted by atomic mass is 10.2. The summed E-state index contributed by atoms with van der Waals surface area (Å²) >= 11 is 0. The smallest absolute Gasteiger partial charge is 0.142 e. The van der Waals surface area contributed by atoms with Crippen LogP contribution in [0.25, 0.3) is 0 Å². The summed E-state index contributed by atoms with van der Waals surface area (Å²) in [7, 11) is 0. The summed E-state index contributed by atoms with van der Waals surface area (Å²) in [6.07, 6.45) is 1.62. The van der Waals surface area contributed by atoms with Gasteiger partial charge < -0.3 is 10.5 Å². The zero-order valence-electron chi connectivity index (χ0n) is 9.97. The lowest BCUT2D eigenvalue weighted by molar-refractivity contribution is 0.107. The van der Waals surface area contributed by atoms with Gasteiger partial charge in [0.2, 0.25) is 0 Å². The Morgan fingerprint density at radius 1 is 1.11 bits per heavy atom. The van der Waals surface area contributed by atoms with Crippen LogP contribution < -0.4 is 5.73 Å². The molecule has 1 heterocycles. The molecule has 2 aromatic rings. The molecule has 0 saturated heterocycles. The van der Waals surface area contributed by atoms with Gasteiger partial charge in [0.15, 0.2) is 0 Å². The molecule has 0 aliphatic heterocycles. The fourth-order valence-electron chi connectivity index (χ4n) is 1.65. The number of ether oxygens (including phenoxy) is 1. The van der Waals surface area contributed by atoms with Gasteiger partial charge in [-0.25, -0.2) is 0 Å². The van der Waals surface area contributed by atoms with E-state index in [4.69, 9.17) is 15.9 Å². The zero-order valence-corrected chi connectivity index (χ0v) is 9.97. The molecule has 4 heteroatoms. The van der Waals surface area contributed by atoms with Gasteiger partial charge in [-0.15, -0.1) is 0 Å². The maximum absolute atomic E-state index is 7.44. The van der Waals surface area contributed by atoms with Gasteiger partial charge in [0.1, 0.15) is 11.5 Å². The second-order valence-corrected chi connectivity index (χ2v) is 3.90. The minimum Gasteiger partial charge on any atom is -0.382 e. The van der Waals surface area contributed by atoms with Gasteiger partial charge in [-0.1, -0.05) is 36.4 Å². The van der Waals surface area contributed by atoms with Gasteiger partial charge in [-0.3, -0.25) is 10.4 Å². The summed E-state index contributed by atoms with van der Waals surface area (Å²) in [6, 6.07) is 13.6. The highest BCUT2D eigenvalue weighted by molar-refractivity contribution is 5.94. The van der Waals surface area contributed by atoms with Crippen molar-refractivity contribution in [2.24, 2.45) is 5.73 Å². The van der Waals surface area contributed by atoms with Gasteiger partial charge in [0.05, 0.1) is 13.2 Å². The van der Waals surface area contributed by atoms with Crippen molar-refractivity contribution in [2.45, 2.75) is 13.2 Å². The molecule has 0 unspecified atom stereocenters. The van der Waals surface area contributed by atoms with Crippen LogP contribution in [0.4, 0.5) is 0 Å². The molecule has 0 aliphatic carbocycles. The first kappa shape index (κ1) is 12.3. The van der Waals surface area contributed by atoms with Crippen LogP contribution in [0.3, 0.4) is 0 Å². The number of nitrogens with zero attached hydrogens (tertiary/aromatic N) is 1. The molecule has 0 amide bonds. The molecular formula is C14H15N3O. The Balaban J connectivity index is 1.97. The largest absolute Gasteiger partial charge is 0.382 e. The third kappa shape index (κ3) is 3.15. The summed E-state index contributed by atoms with van der Waals surface area (Å²) in [5.41, 5.74) is 7.90. The van der Waals surface area contributed by atoms with E-state index < -0.39 is 0 Å². The van der Waals surface area contributed by atoms with Crippen molar-refractivity contribution in [3.05, 3.63) is 65.5 Å². The summed E-state index contributed by atoms with van der Waals surface area (Å²) < 4.78 is 5.60. The first-order valence-corrected chi connectivity index (χ1v) is 5.67. The summed E-state index contributed by atoms with van der Waals surface area (Å²) in [4.78, 5) is 4.07. The normalized spacial score (nSPS) is 10.2.